The van der Waals surface area contributed by atoms with Gasteiger partial charge in [-0.2, -0.15) is 5.10 Å². The number of para-hydroxylation sites is 1. The second-order valence-corrected chi connectivity index (χ2v) is 6.92. The number of nitrogens with one attached hydrogen (secondary N) is 1. The summed E-state index contributed by atoms with van der Waals surface area (Å²) in [4.78, 5) is 11.9. The number of rotatable bonds is 7. The number of nitrogens with two attached hydrogens (primary N) is 1. The number of ether oxygens (including phenoxy) is 1. The molecule has 0 fully saturated rings. The Morgan fingerprint density at radius 3 is 2.78 bits per heavy atom. The maximum Gasteiger partial charge on any atom is 0.247 e. The number of hydrogen-bond acceptors (Lipinski definition) is 7. The van der Waals surface area contributed by atoms with Crippen molar-refractivity contribution in [3.8, 4) is 5.75 Å². The van der Waals surface area contributed by atoms with Crippen molar-refractivity contribution in [3.63, 3.8) is 0 Å². The van der Waals surface area contributed by atoms with Crippen LogP contribution >= 0.6 is 22.9 Å². The van der Waals surface area contributed by atoms with Gasteiger partial charge < -0.3 is 10.5 Å². The highest BCUT2D eigenvalue weighted by Crippen LogP contribution is 2.21. The minimum absolute atomic E-state index is 0.0663. The summed E-state index contributed by atoms with van der Waals surface area (Å²) in [5, 5.41) is 12.9. The lowest BCUT2D eigenvalue weighted by molar-refractivity contribution is -0.120. The van der Waals surface area contributed by atoms with Crippen LogP contribution in [0.3, 0.4) is 0 Å². The third-order valence-corrected chi connectivity index (χ3v) is 4.57. The zero-order chi connectivity index (χ0) is 19.1. The van der Waals surface area contributed by atoms with Crippen LogP contribution in [0.4, 0.5) is 5.13 Å². The fourth-order valence-corrected chi connectivity index (χ4v) is 2.98. The van der Waals surface area contributed by atoms with Crippen LogP contribution in [0.25, 0.3) is 0 Å². The smallest absolute Gasteiger partial charge is 0.247 e. The van der Waals surface area contributed by atoms with Gasteiger partial charge in [-0.25, -0.2) is 5.43 Å². The molecule has 7 nitrogen and oxygen atoms in total. The Morgan fingerprint density at radius 2 is 2.00 bits per heavy atom. The Bertz CT molecular complexity index is 960. The number of aromatic nitrogens is 2. The van der Waals surface area contributed by atoms with Gasteiger partial charge in [0.2, 0.25) is 11.0 Å². The maximum atomic E-state index is 11.9. The number of hydrazone groups is 1. The van der Waals surface area contributed by atoms with E-state index in [0.717, 1.165) is 11.1 Å². The van der Waals surface area contributed by atoms with Crippen LogP contribution in [0.15, 0.2) is 53.6 Å². The van der Waals surface area contributed by atoms with Crippen LogP contribution in [-0.4, -0.2) is 22.3 Å². The fraction of sp³-hybridized carbons (Fsp3) is 0.111. The summed E-state index contributed by atoms with van der Waals surface area (Å²) in [7, 11) is 0. The summed E-state index contributed by atoms with van der Waals surface area (Å²) in [5.74, 6) is 0.323. The molecule has 0 radical (unpaired) electrons. The van der Waals surface area contributed by atoms with E-state index in [2.05, 4.69) is 20.7 Å². The number of halogens is 1. The van der Waals surface area contributed by atoms with E-state index in [-0.39, 0.29) is 12.3 Å². The van der Waals surface area contributed by atoms with Gasteiger partial charge in [0, 0.05) is 16.1 Å². The molecule has 0 aliphatic carbocycles. The molecule has 0 atom stereocenters. The quantitative estimate of drug-likeness (QED) is 0.468. The molecule has 27 heavy (non-hydrogen) atoms. The fourth-order valence-electron chi connectivity index (χ4n) is 2.18. The number of carbonyl (C=O) groups excluding carboxylic acids is 1. The normalized spacial score (nSPS) is 10.9. The summed E-state index contributed by atoms with van der Waals surface area (Å²) in [6.07, 6.45) is 1.59. The van der Waals surface area contributed by atoms with Crippen molar-refractivity contribution in [2.24, 2.45) is 5.10 Å². The molecular formula is C18H16ClN5O2S. The average Bonchev–Trinajstić information content (AvgIpc) is 3.06. The molecule has 2 aromatic carbocycles. The van der Waals surface area contributed by atoms with Crippen molar-refractivity contribution in [2.75, 3.05) is 5.73 Å². The molecule has 138 valence electrons. The van der Waals surface area contributed by atoms with Crippen LogP contribution in [0.2, 0.25) is 5.02 Å². The Morgan fingerprint density at radius 1 is 1.22 bits per heavy atom. The Kier molecular flexibility index (Phi) is 6.35. The lowest BCUT2D eigenvalue weighted by Gasteiger charge is -2.10. The first kappa shape index (κ1) is 18.8. The second kappa shape index (κ2) is 9.11. The summed E-state index contributed by atoms with van der Waals surface area (Å²) < 4.78 is 5.84. The first-order valence-corrected chi connectivity index (χ1v) is 9.16. The number of nitrogens with zero attached hydrogens (tertiary/aromatic N) is 3. The van der Waals surface area contributed by atoms with Gasteiger partial charge in [-0.1, -0.05) is 53.3 Å². The maximum absolute atomic E-state index is 11.9. The largest absolute Gasteiger partial charge is 0.488 e. The number of carbonyl (C=O) groups is 1. The first-order chi connectivity index (χ1) is 13.1. The van der Waals surface area contributed by atoms with Gasteiger partial charge in [0.25, 0.3) is 0 Å². The molecule has 0 unspecified atom stereocenters. The third-order valence-electron chi connectivity index (χ3n) is 3.45. The van der Waals surface area contributed by atoms with Crippen LogP contribution in [0.1, 0.15) is 16.1 Å². The number of benzene rings is 2. The number of anilines is 1. The highest BCUT2D eigenvalue weighted by Gasteiger charge is 2.08. The number of amides is 1. The molecule has 3 aromatic rings. The van der Waals surface area contributed by atoms with Gasteiger partial charge in [-0.15, -0.1) is 10.2 Å². The van der Waals surface area contributed by atoms with Gasteiger partial charge in [-0.3, -0.25) is 4.79 Å². The summed E-state index contributed by atoms with van der Waals surface area (Å²) >= 11 is 7.31. The minimum atomic E-state index is -0.308. The van der Waals surface area contributed by atoms with Crippen LogP contribution in [-0.2, 0) is 17.8 Å². The van der Waals surface area contributed by atoms with Crippen molar-refractivity contribution in [1.82, 2.24) is 15.6 Å². The molecule has 1 heterocycles. The topological polar surface area (TPSA) is 102 Å². The molecular weight excluding hydrogens is 386 g/mol. The number of hydrogen-bond donors (Lipinski definition) is 2. The third kappa shape index (κ3) is 5.50. The molecule has 0 spiro atoms. The molecule has 0 saturated heterocycles. The molecule has 0 bridgehead atoms. The minimum Gasteiger partial charge on any atom is -0.488 e. The lowest BCUT2D eigenvalue weighted by atomic mass is 10.2. The Balaban J connectivity index is 1.59. The molecule has 0 aliphatic rings. The van der Waals surface area contributed by atoms with Crippen molar-refractivity contribution in [1.29, 1.82) is 0 Å². The monoisotopic (exact) mass is 401 g/mol. The van der Waals surface area contributed by atoms with E-state index < -0.39 is 0 Å². The van der Waals surface area contributed by atoms with Gasteiger partial charge in [0.05, 0.1) is 12.6 Å². The van der Waals surface area contributed by atoms with Crippen molar-refractivity contribution < 1.29 is 9.53 Å². The Labute approximate surface area is 164 Å². The van der Waals surface area contributed by atoms with Gasteiger partial charge in [-0.05, 0) is 18.2 Å². The second-order valence-electron chi connectivity index (χ2n) is 5.42. The average molecular weight is 402 g/mol. The molecule has 9 heteroatoms. The highest BCUT2D eigenvalue weighted by atomic mass is 35.5. The van der Waals surface area contributed by atoms with Crippen molar-refractivity contribution in [2.45, 2.75) is 13.0 Å². The van der Waals surface area contributed by atoms with Gasteiger partial charge in [0.15, 0.2) is 0 Å². The molecule has 1 amide bonds. The van der Waals surface area contributed by atoms with E-state index in [1.54, 1.807) is 0 Å². The van der Waals surface area contributed by atoms with Gasteiger partial charge >= 0.3 is 0 Å². The van der Waals surface area contributed by atoms with Crippen LogP contribution in [0.5, 0.6) is 5.75 Å². The number of nitrogen functional groups attached to an aromatic ring is 1. The van der Waals surface area contributed by atoms with E-state index in [1.807, 2.05) is 48.5 Å². The van der Waals surface area contributed by atoms with Gasteiger partial charge in [0.1, 0.15) is 17.4 Å². The summed E-state index contributed by atoms with van der Waals surface area (Å²) in [6.45, 7) is 0.329. The van der Waals surface area contributed by atoms with Crippen LogP contribution in [0, 0.1) is 0 Å². The van der Waals surface area contributed by atoms with Crippen LogP contribution < -0.4 is 15.9 Å². The standard InChI is InChI=1S/C18H16ClN5O2S/c19-14-7-3-1-6-13(14)11-26-15-8-4-2-5-12(15)10-21-22-16(25)9-17-23-24-18(20)27-17/h1-8,10H,9,11H2,(H2,20,24)(H,22,25)/b21-10-. The highest BCUT2D eigenvalue weighted by molar-refractivity contribution is 7.15. The zero-order valence-electron chi connectivity index (χ0n) is 14.1. The molecule has 0 saturated carbocycles. The van der Waals surface area contributed by atoms with E-state index in [9.17, 15) is 4.79 Å². The lowest BCUT2D eigenvalue weighted by Crippen LogP contribution is -2.19. The Hall–Kier alpha value is -2.97. The molecule has 1 aromatic heterocycles. The predicted molar refractivity (Wildman–Crippen MR) is 106 cm³/mol. The summed E-state index contributed by atoms with van der Waals surface area (Å²) in [6, 6.07) is 14.9. The van der Waals surface area contributed by atoms with E-state index in [4.69, 9.17) is 22.1 Å². The molecule has 3 N–H and O–H groups in total. The van der Waals surface area contributed by atoms with Crippen molar-refractivity contribution in [3.05, 3.63) is 69.7 Å². The van der Waals surface area contributed by atoms with E-state index in [0.29, 0.717) is 27.5 Å². The van der Waals surface area contributed by atoms with E-state index in [1.165, 1.54) is 17.6 Å². The summed E-state index contributed by atoms with van der Waals surface area (Å²) in [5.41, 5.74) is 9.55. The molecule has 0 aliphatic heterocycles. The SMILES string of the molecule is Nc1nnc(CC(=O)N/N=C\c2ccccc2OCc2ccccc2Cl)s1. The zero-order valence-corrected chi connectivity index (χ0v) is 15.7. The van der Waals surface area contributed by atoms with E-state index >= 15 is 0 Å². The predicted octanol–water partition coefficient (Wildman–Crippen LogP) is 3.05. The first-order valence-electron chi connectivity index (χ1n) is 7.97. The van der Waals surface area contributed by atoms with Crippen molar-refractivity contribution >= 4 is 40.2 Å². The molecule has 3 rings (SSSR count).